The van der Waals surface area contributed by atoms with Crippen LogP contribution in [-0.2, 0) is 0 Å². The molecule has 0 saturated heterocycles. The summed E-state index contributed by atoms with van der Waals surface area (Å²) in [6.45, 7) is 0. The Hall–Kier alpha value is -3.36. The highest BCUT2D eigenvalue weighted by atomic mass is 14.2. The van der Waals surface area contributed by atoms with E-state index >= 15 is 0 Å². The topological polar surface area (TPSA) is 47.6 Å². The molecule has 22 heavy (non-hydrogen) atoms. The van der Waals surface area contributed by atoms with Crippen molar-refractivity contribution in [2.75, 3.05) is 0 Å². The van der Waals surface area contributed by atoms with E-state index in [0.717, 1.165) is 0 Å². The second kappa shape index (κ2) is 8.04. The molecule has 0 unspecified atom stereocenters. The Morgan fingerprint density at radius 2 is 0.909 bits per heavy atom. The lowest BCUT2D eigenvalue weighted by atomic mass is 10.1. The Bertz CT molecular complexity index is 728. The van der Waals surface area contributed by atoms with Crippen molar-refractivity contribution >= 4 is 0 Å². The molecule has 3 aromatic rings. The third kappa shape index (κ3) is 4.34. The fourth-order valence-corrected chi connectivity index (χ4v) is 1.92. The zero-order chi connectivity index (χ0) is 15.6. The molecule has 2 nitrogen and oxygen atoms in total. The summed E-state index contributed by atoms with van der Waals surface area (Å²) in [7, 11) is 0. The van der Waals surface area contributed by atoms with Crippen LogP contribution >= 0.6 is 0 Å². The van der Waals surface area contributed by atoms with Crippen LogP contribution in [0.3, 0.4) is 0 Å². The molecule has 0 atom stereocenters. The first kappa shape index (κ1) is 15.0. The van der Waals surface area contributed by atoms with Gasteiger partial charge in [-0.1, -0.05) is 66.7 Å². The lowest BCUT2D eigenvalue weighted by Crippen LogP contribution is -1.75. The molecule has 0 fully saturated rings. The highest BCUT2D eigenvalue weighted by molar-refractivity contribution is 5.62. The monoisotopic (exact) mass is 282 g/mol. The van der Waals surface area contributed by atoms with Gasteiger partial charge in [0, 0.05) is 0 Å². The van der Waals surface area contributed by atoms with Crippen LogP contribution in [0.5, 0.6) is 0 Å². The summed E-state index contributed by atoms with van der Waals surface area (Å²) in [5.74, 6) is 0. The van der Waals surface area contributed by atoms with Crippen molar-refractivity contribution in [3.8, 4) is 23.3 Å². The van der Waals surface area contributed by atoms with E-state index in [2.05, 4.69) is 48.5 Å². The molecule has 104 valence electrons. The van der Waals surface area contributed by atoms with E-state index < -0.39 is 0 Å². The maximum atomic E-state index is 8.40. The molecule has 0 amide bonds. The van der Waals surface area contributed by atoms with Crippen molar-refractivity contribution in [3.63, 3.8) is 0 Å². The van der Waals surface area contributed by atoms with Gasteiger partial charge < -0.3 is 0 Å². The quantitative estimate of drug-likeness (QED) is 0.644. The van der Waals surface area contributed by atoms with E-state index in [-0.39, 0.29) is 0 Å². The molecule has 0 N–H and O–H groups in total. The third-order valence-corrected chi connectivity index (χ3v) is 3.00. The van der Waals surface area contributed by atoms with Crippen LogP contribution < -0.4 is 0 Å². The lowest BCUT2D eigenvalue weighted by molar-refractivity contribution is 1.45. The number of nitrogens with zero attached hydrogens (tertiary/aromatic N) is 2. The highest BCUT2D eigenvalue weighted by Gasteiger charge is 1.92. The van der Waals surface area contributed by atoms with E-state index in [9.17, 15) is 0 Å². The second-order valence-corrected chi connectivity index (χ2v) is 4.54. The average Bonchev–Trinajstić information content (AvgIpc) is 2.64. The summed E-state index contributed by atoms with van der Waals surface area (Å²) in [4.78, 5) is 0. The Kier molecular flexibility index (Phi) is 5.50. The van der Waals surface area contributed by atoms with Crippen molar-refractivity contribution in [3.05, 3.63) is 96.1 Å². The average molecular weight is 282 g/mol. The Balaban J connectivity index is 0.000000164. The minimum Gasteiger partial charge on any atom is -0.192 e. The maximum absolute atomic E-state index is 8.40. The summed E-state index contributed by atoms with van der Waals surface area (Å²) < 4.78 is 0. The number of hydrogen-bond donors (Lipinski definition) is 0. The summed E-state index contributed by atoms with van der Waals surface area (Å²) >= 11 is 0. The molecule has 0 aliphatic carbocycles. The molecule has 0 heterocycles. The van der Waals surface area contributed by atoms with Crippen LogP contribution in [0.15, 0.2) is 84.9 Å². The van der Waals surface area contributed by atoms with Crippen molar-refractivity contribution in [2.45, 2.75) is 0 Å². The molecule has 3 aromatic carbocycles. The number of hydrogen-bond acceptors (Lipinski definition) is 2. The van der Waals surface area contributed by atoms with Crippen LogP contribution in [0.25, 0.3) is 11.1 Å². The molecule has 0 bridgehead atoms. The smallest absolute Gasteiger partial charge is 0.0992 e. The third-order valence-electron chi connectivity index (χ3n) is 3.00. The van der Waals surface area contributed by atoms with Gasteiger partial charge in [0.2, 0.25) is 0 Å². The van der Waals surface area contributed by atoms with Crippen molar-refractivity contribution in [1.82, 2.24) is 0 Å². The van der Waals surface area contributed by atoms with Gasteiger partial charge in [0.15, 0.2) is 0 Å². The zero-order valence-corrected chi connectivity index (χ0v) is 12.0. The molecule has 0 saturated carbocycles. The lowest BCUT2D eigenvalue weighted by Gasteiger charge is -1.98. The van der Waals surface area contributed by atoms with Gasteiger partial charge >= 0.3 is 0 Å². The standard InChI is InChI=1S/C12H10.C8H4N2/c1-3-7-11(8-4-1)12-9-5-2-6-10-12;9-5-7-2-1-3-8(4-7)6-10/h1-10H;1-4H. The van der Waals surface area contributed by atoms with Crippen LogP contribution in [0.1, 0.15) is 11.1 Å². The predicted molar refractivity (Wildman–Crippen MR) is 87.8 cm³/mol. The highest BCUT2D eigenvalue weighted by Crippen LogP contribution is 2.17. The molecule has 0 spiro atoms. The summed E-state index contributed by atoms with van der Waals surface area (Å²) in [5, 5.41) is 16.8. The van der Waals surface area contributed by atoms with Gasteiger partial charge in [-0.05, 0) is 29.3 Å². The largest absolute Gasteiger partial charge is 0.192 e. The summed E-state index contributed by atoms with van der Waals surface area (Å²) in [6, 6.07) is 31.3. The minimum atomic E-state index is 0.527. The van der Waals surface area contributed by atoms with Crippen LogP contribution in [0.4, 0.5) is 0 Å². The Morgan fingerprint density at radius 3 is 1.27 bits per heavy atom. The van der Waals surface area contributed by atoms with Gasteiger partial charge in [0.05, 0.1) is 23.3 Å². The Labute approximate surface area is 130 Å². The molecule has 0 aliphatic heterocycles. The van der Waals surface area contributed by atoms with Crippen LogP contribution in [0.2, 0.25) is 0 Å². The van der Waals surface area contributed by atoms with E-state index in [4.69, 9.17) is 10.5 Å². The molecule has 0 aromatic heterocycles. The van der Waals surface area contributed by atoms with E-state index in [1.54, 1.807) is 24.3 Å². The maximum Gasteiger partial charge on any atom is 0.0992 e. The fourth-order valence-electron chi connectivity index (χ4n) is 1.92. The molecular formula is C20H14N2. The van der Waals surface area contributed by atoms with Gasteiger partial charge in [-0.2, -0.15) is 10.5 Å². The fraction of sp³-hybridized carbons (Fsp3) is 0. The molecule has 0 aliphatic rings. The molecule has 0 radical (unpaired) electrons. The van der Waals surface area contributed by atoms with Gasteiger partial charge in [-0.25, -0.2) is 0 Å². The minimum absolute atomic E-state index is 0.527. The zero-order valence-electron chi connectivity index (χ0n) is 12.0. The van der Waals surface area contributed by atoms with Gasteiger partial charge in [0.25, 0.3) is 0 Å². The number of nitriles is 2. The van der Waals surface area contributed by atoms with Crippen molar-refractivity contribution in [1.29, 1.82) is 10.5 Å². The van der Waals surface area contributed by atoms with E-state index in [1.807, 2.05) is 24.3 Å². The van der Waals surface area contributed by atoms with Gasteiger partial charge in [-0.3, -0.25) is 0 Å². The molecular weight excluding hydrogens is 268 g/mol. The van der Waals surface area contributed by atoms with Crippen molar-refractivity contribution in [2.24, 2.45) is 0 Å². The number of benzene rings is 3. The summed E-state index contributed by atoms with van der Waals surface area (Å²) in [5.41, 5.74) is 3.61. The second-order valence-electron chi connectivity index (χ2n) is 4.54. The van der Waals surface area contributed by atoms with E-state index in [0.29, 0.717) is 11.1 Å². The number of rotatable bonds is 1. The van der Waals surface area contributed by atoms with E-state index in [1.165, 1.54) is 11.1 Å². The van der Waals surface area contributed by atoms with Gasteiger partial charge in [0.1, 0.15) is 0 Å². The molecule has 2 heteroatoms. The first-order chi connectivity index (χ1) is 10.8. The summed E-state index contributed by atoms with van der Waals surface area (Å²) in [6.07, 6.45) is 0. The first-order valence-electron chi connectivity index (χ1n) is 6.84. The van der Waals surface area contributed by atoms with Crippen molar-refractivity contribution < 1.29 is 0 Å². The van der Waals surface area contributed by atoms with Crippen LogP contribution in [0, 0.1) is 22.7 Å². The van der Waals surface area contributed by atoms with Gasteiger partial charge in [-0.15, -0.1) is 0 Å². The Morgan fingerprint density at radius 1 is 0.500 bits per heavy atom. The van der Waals surface area contributed by atoms with Crippen LogP contribution in [-0.4, -0.2) is 0 Å². The SMILES string of the molecule is N#Cc1cccc(C#N)c1.c1ccc(-c2ccccc2)cc1. The first-order valence-corrected chi connectivity index (χ1v) is 6.84. The normalized spacial score (nSPS) is 8.82. The predicted octanol–water partition coefficient (Wildman–Crippen LogP) is 4.78. The molecule has 3 rings (SSSR count).